The molecule has 1 aliphatic heterocycles. The molecule has 1 fully saturated rings. The number of benzene rings is 2. The van der Waals surface area contributed by atoms with Crippen LogP contribution in [0.25, 0.3) is 17.4 Å². The van der Waals surface area contributed by atoms with Crippen molar-refractivity contribution in [2.45, 2.75) is 6.92 Å². The first kappa shape index (κ1) is 24.7. The zero-order chi connectivity index (χ0) is 25.7. The number of carbonyl (C=O) groups is 2. The van der Waals surface area contributed by atoms with E-state index in [1.807, 2.05) is 4.90 Å². The molecule has 0 saturated carbocycles. The SMILES string of the molecule is COC(=O)c1cc(NC(=O)/C=C/c2ccc(-c3ccc([N+](=O)[O-])cc3C)o2)ccc1N1CCOCC1. The number of anilines is 2. The topological polar surface area (TPSA) is 124 Å². The number of nitro groups is 1. The van der Waals surface area contributed by atoms with Gasteiger partial charge in [-0.05, 0) is 55.0 Å². The fourth-order valence-corrected chi connectivity index (χ4v) is 3.93. The van der Waals surface area contributed by atoms with Crippen LogP contribution in [-0.2, 0) is 14.3 Å². The number of nitrogens with one attached hydrogen (secondary N) is 1. The van der Waals surface area contributed by atoms with Gasteiger partial charge in [-0.25, -0.2) is 4.79 Å². The van der Waals surface area contributed by atoms with Gasteiger partial charge in [-0.1, -0.05) is 0 Å². The van der Waals surface area contributed by atoms with Gasteiger partial charge in [0.15, 0.2) is 0 Å². The smallest absolute Gasteiger partial charge is 0.340 e. The van der Waals surface area contributed by atoms with E-state index in [4.69, 9.17) is 13.9 Å². The van der Waals surface area contributed by atoms with E-state index >= 15 is 0 Å². The van der Waals surface area contributed by atoms with Gasteiger partial charge in [0.1, 0.15) is 11.5 Å². The second kappa shape index (κ2) is 10.9. The van der Waals surface area contributed by atoms with E-state index < -0.39 is 16.8 Å². The molecule has 0 spiro atoms. The molecule has 1 aliphatic rings. The van der Waals surface area contributed by atoms with Gasteiger partial charge in [0.05, 0.1) is 36.5 Å². The summed E-state index contributed by atoms with van der Waals surface area (Å²) in [6.45, 7) is 4.22. The Morgan fingerprint density at radius 3 is 2.58 bits per heavy atom. The lowest BCUT2D eigenvalue weighted by atomic mass is 10.1. The maximum atomic E-state index is 12.5. The Kier molecular flexibility index (Phi) is 7.45. The van der Waals surface area contributed by atoms with Crippen LogP contribution in [0.4, 0.5) is 17.1 Å². The quantitative estimate of drug-likeness (QED) is 0.223. The molecule has 2 aromatic carbocycles. The Morgan fingerprint density at radius 2 is 1.89 bits per heavy atom. The lowest BCUT2D eigenvalue weighted by molar-refractivity contribution is -0.384. The molecule has 1 aromatic heterocycles. The number of amides is 1. The van der Waals surface area contributed by atoms with Crippen molar-refractivity contribution in [3.05, 3.63) is 81.6 Å². The number of ether oxygens (including phenoxy) is 2. The van der Waals surface area contributed by atoms with Crippen molar-refractivity contribution in [2.75, 3.05) is 43.6 Å². The van der Waals surface area contributed by atoms with Crippen LogP contribution < -0.4 is 10.2 Å². The number of nitrogens with zero attached hydrogens (tertiary/aromatic N) is 2. The van der Waals surface area contributed by atoms with Gasteiger partial charge in [-0.2, -0.15) is 0 Å². The maximum Gasteiger partial charge on any atom is 0.340 e. The van der Waals surface area contributed by atoms with Crippen LogP contribution in [0.15, 0.2) is 59.0 Å². The number of methoxy groups -OCH3 is 1. The molecule has 1 amide bonds. The number of carbonyl (C=O) groups excluding carboxylic acids is 2. The molecular formula is C26H25N3O7. The molecule has 0 atom stereocenters. The minimum Gasteiger partial charge on any atom is -0.465 e. The minimum absolute atomic E-state index is 0.00734. The van der Waals surface area contributed by atoms with E-state index in [0.29, 0.717) is 54.6 Å². The van der Waals surface area contributed by atoms with Crippen LogP contribution in [0.1, 0.15) is 21.7 Å². The second-order valence-corrected chi connectivity index (χ2v) is 8.10. The lowest BCUT2D eigenvalue weighted by Crippen LogP contribution is -2.37. The number of aryl methyl sites for hydroxylation is 1. The molecule has 1 saturated heterocycles. The predicted octanol–water partition coefficient (Wildman–Crippen LogP) is 4.44. The summed E-state index contributed by atoms with van der Waals surface area (Å²) in [5, 5.41) is 13.7. The first-order valence-electron chi connectivity index (χ1n) is 11.2. The van der Waals surface area contributed by atoms with Crippen LogP contribution in [0.5, 0.6) is 0 Å². The monoisotopic (exact) mass is 491 g/mol. The van der Waals surface area contributed by atoms with Crippen LogP contribution in [0.3, 0.4) is 0 Å². The van der Waals surface area contributed by atoms with E-state index in [2.05, 4.69) is 5.32 Å². The van der Waals surface area contributed by atoms with Crippen molar-refractivity contribution in [2.24, 2.45) is 0 Å². The molecule has 0 bridgehead atoms. The highest BCUT2D eigenvalue weighted by atomic mass is 16.6. The average Bonchev–Trinajstić information content (AvgIpc) is 3.36. The summed E-state index contributed by atoms with van der Waals surface area (Å²) in [6.07, 6.45) is 2.84. The lowest BCUT2D eigenvalue weighted by Gasteiger charge is -2.30. The van der Waals surface area contributed by atoms with Crippen molar-refractivity contribution in [3.63, 3.8) is 0 Å². The van der Waals surface area contributed by atoms with E-state index in [0.717, 1.165) is 11.3 Å². The van der Waals surface area contributed by atoms with Crippen molar-refractivity contribution >= 4 is 35.0 Å². The Balaban J connectivity index is 1.46. The number of morpholine rings is 1. The molecule has 1 N–H and O–H groups in total. The largest absolute Gasteiger partial charge is 0.465 e. The van der Waals surface area contributed by atoms with Gasteiger partial charge in [-0.15, -0.1) is 0 Å². The van der Waals surface area contributed by atoms with Crippen molar-refractivity contribution < 1.29 is 28.4 Å². The zero-order valence-electron chi connectivity index (χ0n) is 19.9. The summed E-state index contributed by atoms with van der Waals surface area (Å²) in [7, 11) is 1.31. The van der Waals surface area contributed by atoms with Crippen LogP contribution in [0.2, 0.25) is 0 Å². The Hall–Kier alpha value is -4.44. The Labute approximate surface area is 207 Å². The highest BCUT2D eigenvalue weighted by Crippen LogP contribution is 2.29. The normalized spacial score (nSPS) is 13.6. The first-order chi connectivity index (χ1) is 17.4. The van der Waals surface area contributed by atoms with Gasteiger partial charge >= 0.3 is 5.97 Å². The zero-order valence-corrected chi connectivity index (χ0v) is 19.9. The fourth-order valence-electron chi connectivity index (χ4n) is 3.93. The van der Waals surface area contributed by atoms with Crippen LogP contribution in [-0.4, -0.2) is 50.2 Å². The highest BCUT2D eigenvalue weighted by molar-refractivity contribution is 6.03. The first-order valence-corrected chi connectivity index (χ1v) is 11.2. The van der Waals surface area contributed by atoms with Gasteiger partial charge in [0.2, 0.25) is 5.91 Å². The summed E-state index contributed by atoms with van der Waals surface area (Å²) in [6, 6.07) is 13.1. The maximum absolute atomic E-state index is 12.5. The molecule has 10 heteroatoms. The molecular weight excluding hydrogens is 466 g/mol. The van der Waals surface area contributed by atoms with Crippen molar-refractivity contribution in [3.8, 4) is 11.3 Å². The molecule has 2 heterocycles. The molecule has 10 nitrogen and oxygen atoms in total. The number of esters is 1. The van der Waals surface area contributed by atoms with Crippen molar-refractivity contribution in [1.29, 1.82) is 0 Å². The van der Waals surface area contributed by atoms with E-state index in [-0.39, 0.29) is 5.69 Å². The number of furan rings is 1. The Morgan fingerprint density at radius 1 is 1.11 bits per heavy atom. The predicted molar refractivity (Wildman–Crippen MR) is 134 cm³/mol. The molecule has 3 aromatic rings. The third-order valence-electron chi connectivity index (χ3n) is 5.73. The Bertz CT molecular complexity index is 1320. The highest BCUT2D eigenvalue weighted by Gasteiger charge is 2.20. The molecule has 36 heavy (non-hydrogen) atoms. The van der Waals surface area contributed by atoms with Gasteiger partial charge in [-0.3, -0.25) is 14.9 Å². The third-order valence-corrected chi connectivity index (χ3v) is 5.73. The average molecular weight is 492 g/mol. The number of non-ortho nitro benzene ring substituents is 1. The molecule has 186 valence electrons. The molecule has 0 radical (unpaired) electrons. The van der Waals surface area contributed by atoms with E-state index in [9.17, 15) is 19.7 Å². The number of rotatable bonds is 7. The summed E-state index contributed by atoms with van der Waals surface area (Å²) in [5.41, 5.74) is 2.96. The molecule has 0 aliphatic carbocycles. The van der Waals surface area contributed by atoms with Crippen LogP contribution >= 0.6 is 0 Å². The third kappa shape index (κ3) is 5.61. The number of hydrogen-bond acceptors (Lipinski definition) is 8. The standard InChI is InChI=1S/C26H25N3O7/c1-17-15-19(29(32)33)4-7-21(17)24-9-5-20(36-24)6-10-25(30)27-18-3-8-23(22(16-18)26(31)34-2)28-11-13-35-14-12-28/h3-10,15-16H,11-14H2,1-2H3,(H,27,30)/b10-6+. The van der Waals surface area contributed by atoms with Crippen LogP contribution in [0, 0.1) is 17.0 Å². The summed E-state index contributed by atoms with van der Waals surface area (Å²) in [5.74, 6) is 0.0712. The van der Waals surface area contributed by atoms with Crippen molar-refractivity contribution in [1.82, 2.24) is 0 Å². The fraction of sp³-hybridized carbons (Fsp3) is 0.231. The second-order valence-electron chi connectivity index (χ2n) is 8.10. The molecule has 4 rings (SSSR count). The van der Waals surface area contributed by atoms with Gasteiger partial charge < -0.3 is 24.1 Å². The number of nitro benzene ring substituents is 1. The minimum atomic E-state index is -0.493. The molecule has 0 unspecified atom stereocenters. The number of hydrogen-bond donors (Lipinski definition) is 1. The summed E-state index contributed by atoms with van der Waals surface area (Å²) >= 11 is 0. The summed E-state index contributed by atoms with van der Waals surface area (Å²) < 4.78 is 16.1. The van der Waals surface area contributed by atoms with Gasteiger partial charge in [0, 0.05) is 42.5 Å². The van der Waals surface area contributed by atoms with E-state index in [1.54, 1.807) is 43.3 Å². The summed E-state index contributed by atoms with van der Waals surface area (Å²) in [4.78, 5) is 37.4. The van der Waals surface area contributed by atoms with E-state index in [1.165, 1.54) is 31.4 Å². The van der Waals surface area contributed by atoms with Gasteiger partial charge in [0.25, 0.3) is 5.69 Å².